The Morgan fingerprint density at radius 2 is 2.00 bits per heavy atom. The highest BCUT2D eigenvalue weighted by Crippen LogP contribution is 2.15. The second-order valence-electron chi connectivity index (χ2n) is 2.34. The highest BCUT2D eigenvalue weighted by Gasteiger charge is 1.99. The van der Waals surface area contributed by atoms with Crippen LogP contribution < -0.4 is 4.74 Å². The Hall–Kier alpha value is -2.04. The van der Waals surface area contributed by atoms with Crippen LogP contribution in [-0.2, 0) is 0 Å². The molecule has 3 heteroatoms. The average molecular weight is 172 g/mol. The summed E-state index contributed by atoms with van der Waals surface area (Å²) in [5.74, 6) is 2.80. The average Bonchev–Trinajstić information content (AvgIpc) is 2.21. The molecule has 3 nitrogen and oxygen atoms in total. The molecular formula is C10H8N2O. The number of methoxy groups -OCH3 is 1. The van der Waals surface area contributed by atoms with E-state index in [9.17, 15) is 0 Å². The zero-order valence-electron chi connectivity index (χ0n) is 7.16. The molecule has 0 atom stereocenters. The van der Waals surface area contributed by atoms with Gasteiger partial charge in [0, 0.05) is 5.56 Å². The number of benzene rings is 1. The molecule has 1 aromatic carbocycles. The molecule has 0 unspecified atom stereocenters. The first-order valence-corrected chi connectivity index (χ1v) is 3.66. The van der Waals surface area contributed by atoms with E-state index in [1.54, 1.807) is 31.4 Å². The van der Waals surface area contributed by atoms with Crippen LogP contribution in [0.2, 0.25) is 0 Å². The van der Waals surface area contributed by atoms with Crippen LogP contribution in [0.4, 0.5) is 0 Å². The fraction of sp³-hybridized carbons (Fsp3) is 0.100. The molecule has 0 spiro atoms. The van der Waals surface area contributed by atoms with Crippen LogP contribution in [0.5, 0.6) is 5.75 Å². The largest absolute Gasteiger partial charge is 0.497 e. The topological polar surface area (TPSA) is 56.9 Å². The van der Waals surface area contributed by atoms with Gasteiger partial charge < -0.3 is 4.74 Å². The van der Waals surface area contributed by atoms with Crippen molar-refractivity contribution >= 4 is 11.4 Å². The lowest BCUT2D eigenvalue weighted by atomic mass is 10.1. The maximum atomic E-state index is 8.61. The van der Waals surface area contributed by atoms with Crippen molar-refractivity contribution in [3.63, 3.8) is 0 Å². The first-order valence-electron chi connectivity index (χ1n) is 3.66. The van der Waals surface area contributed by atoms with Crippen LogP contribution in [0, 0.1) is 16.7 Å². The van der Waals surface area contributed by atoms with Gasteiger partial charge in [0.15, 0.2) is 0 Å². The summed E-state index contributed by atoms with van der Waals surface area (Å²) < 4.78 is 4.96. The van der Waals surface area contributed by atoms with E-state index >= 15 is 0 Å². The Labute approximate surface area is 76.4 Å². The van der Waals surface area contributed by atoms with Crippen molar-refractivity contribution < 1.29 is 4.74 Å². The van der Waals surface area contributed by atoms with Gasteiger partial charge in [-0.25, -0.2) is 0 Å². The number of hydrogen-bond acceptors (Lipinski definition) is 3. The Bertz CT molecular complexity index is 380. The molecule has 0 bridgehead atoms. The summed E-state index contributed by atoms with van der Waals surface area (Å²) in [5.41, 5.74) is 0.904. The molecule has 0 aliphatic heterocycles. The van der Waals surface area contributed by atoms with E-state index in [1.165, 1.54) is 0 Å². The SMILES string of the molecule is COc1ccc(C(=C=N)C#N)cc1. The van der Waals surface area contributed by atoms with Crippen LogP contribution in [0.3, 0.4) is 0 Å². The van der Waals surface area contributed by atoms with Gasteiger partial charge >= 0.3 is 0 Å². The van der Waals surface area contributed by atoms with Gasteiger partial charge in [-0.3, -0.25) is 5.41 Å². The Morgan fingerprint density at radius 1 is 1.38 bits per heavy atom. The van der Waals surface area contributed by atoms with E-state index in [0.29, 0.717) is 5.56 Å². The number of rotatable bonds is 2. The predicted octanol–water partition coefficient (Wildman–Crippen LogP) is 1.85. The standard InChI is InChI=1S/C10H8N2O/c1-13-10-4-2-8(3-5-10)9(6-11)7-12/h2-5,11H,1H3. The van der Waals surface area contributed by atoms with Gasteiger partial charge in [0.2, 0.25) is 0 Å². The third-order valence-corrected chi connectivity index (χ3v) is 1.62. The number of nitrogens with zero attached hydrogens (tertiary/aromatic N) is 1. The molecule has 13 heavy (non-hydrogen) atoms. The second kappa shape index (κ2) is 4.10. The molecule has 0 amide bonds. The van der Waals surface area contributed by atoms with E-state index < -0.39 is 0 Å². The van der Waals surface area contributed by atoms with E-state index in [2.05, 4.69) is 5.87 Å². The second-order valence-corrected chi connectivity index (χ2v) is 2.34. The fourth-order valence-corrected chi connectivity index (χ4v) is 0.922. The number of ether oxygens (including phenoxy) is 1. The van der Waals surface area contributed by atoms with Crippen LogP contribution in [0.15, 0.2) is 24.3 Å². The minimum absolute atomic E-state index is 0.225. The van der Waals surface area contributed by atoms with Gasteiger partial charge in [-0.1, -0.05) is 0 Å². The molecule has 0 radical (unpaired) electrons. The lowest BCUT2D eigenvalue weighted by molar-refractivity contribution is 0.415. The summed E-state index contributed by atoms with van der Waals surface area (Å²) in [4.78, 5) is 0. The summed E-state index contributed by atoms with van der Waals surface area (Å²) in [5, 5.41) is 15.5. The Kier molecular flexibility index (Phi) is 2.86. The first-order chi connectivity index (χ1) is 6.31. The first kappa shape index (κ1) is 9.05. The molecule has 0 heterocycles. The van der Waals surface area contributed by atoms with Gasteiger partial charge in [-0.05, 0) is 30.1 Å². The Morgan fingerprint density at radius 3 is 2.38 bits per heavy atom. The van der Waals surface area contributed by atoms with Crippen molar-refractivity contribution in [3.8, 4) is 11.8 Å². The lowest BCUT2D eigenvalue weighted by Crippen LogP contribution is -1.84. The fourth-order valence-electron chi connectivity index (χ4n) is 0.922. The summed E-state index contributed by atoms with van der Waals surface area (Å²) in [6.07, 6.45) is 0. The maximum absolute atomic E-state index is 8.61. The van der Waals surface area contributed by atoms with Gasteiger partial charge in [-0.15, -0.1) is 0 Å². The summed E-state index contributed by atoms with van der Waals surface area (Å²) >= 11 is 0. The number of nitrogens with one attached hydrogen (secondary N) is 1. The van der Waals surface area contributed by atoms with E-state index in [4.69, 9.17) is 15.4 Å². The van der Waals surface area contributed by atoms with Crippen molar-refractivity contribution in [1.82, 2.24) is 0 Å². The third kappa shape index (κ3) is 1.96. The van der Waals surface area contributed by atoms with Crippen molar-refractivity contribution in [2.75, 3.05) is 7.11 Å². The molecular weight excluding hydrogens is 164 g/mol. The lowest BCUT2D eigenvalue weighted by Gasteiger charge is -1.99. The molecule has 1 rings (SSSR count). The molecule has 0 aliphatic rings. The van der Waals surface area contributed by atoms with Crippen molar-refractivity contribution in [1.29, 1.82) is 10.7 Å². The van der Waals surface area contributed by atoms with Gasteiger partial charge in [0.25, 0.3) is 0 Å². The quantitative estimate of drug-likeness (QED) is 0.546. The molecule has 0 saturated carbocycles. The van der Waals surface area contributed by atoms with Crippen LogP contribution in [0.25, 0.3) is 5.57 Å². The maximum Gasteiger partial charge on any atom is 0.120 e. The molecule has 0 saturated heterocycles. The molecule has 1 N–H and O–H groups in total. The zero-order chi connectivity index (χ0) is 9.68. The van der Waals surface area contributed by atoms with Crippen molar-refractivity contribution in [2.24, 2.45) is 0 Å². The number of hydrogen-bond donors (Lipinski definition) is 1. The molecule has 0 fully saturated rings. The van der Waals surface area contributed by atoms with E-state index in [0.717, 1.165) is 5.75 Å². The molecule has 1 aromatic rings. The molecule has 0 aliphatic carbocycles. The summed E-state index contributed by atoms with van der Waals surface area (Å²) in [6.45, 7) is 0. The predicted molar refractivity (Wildman–Crippen MR) is 49.7 cm³/mol. The van der Waals surface area contributed by atoms with Gasteiger partial charge in [0.1, 0.15) is 17.4 Å². The van der Waals surface area contributed by atoms with E-state index in [-0.39, 0.29) is 5.57 Å². The minimum Gasteiger partial charge on any atom is -0.497 e. The normalized spacial score (nSPS) is 8.31. The summed E-state index contributed by atoms with van der Waals surface area (Å²) in [7, 11) is 1.58. The van der Waals surface area contributed by atoms with Gasteiger partial charge in [-0.2, -0.15) is 5.26 Å². The summed E-state index contributed by atoms with van der Waals surface area (Å²) in [6, 6.07) is 8.81. The number of allylic oxidation sites excluding steroid dienone is 1. The Balaban J connectivity index is 3.07. The highest BCUT2D eigenvalue weighted by molar-refractivity contribution is 5.96. The van der Waals surface area contributed by atoms with Gasteiger partial charge in [0.05, 0.1) is 7.11 Å². The van der Waals surface area contributed by atoms with Crippen LogP contribution in [0.1, 0.15) is 5.56 Å². The smallest absolute Gasteiger partial charge is 0.120 e. The van der Waals surface area contributed by atoms with E-state index in [1.807, 2.05) is 6.07 Å². The van der Waals surface area contributed by atoms with Crippen molar-refractivity contribution in [3.05, 3.63) is 29.8 Å². The van der Waals surface area contributed by atoms with Crippen LogP contribution >= 0.6 is 0 Å². The number of nitriles is 1. The third-order valence-electron chi connectivity index (χ3n) is 1.62. The monoisotopic (exact) mass is 172 g/mol. The van der Waals surface area contributed by atoms with Crippen LogP contribution in [-0.4, -0.2) is 13.0 Å². The minimum atomic E-state index is 0.225. The highest BCUT2D eigenvalue weighted by atomic mass is 16.5. The zero-order valence-corrected chi connectivity index (χ0v) is 7.16. The molecule has 64 valence electrons. The van der Waals surface area contributed by atoms with Crippen molar-refractivity contribution in [2.45, 2.75) is 0 Å². The molecule has 0 aromatic heterocycles.